The van der Waals surface area contributed by atoms with Gasteiger partial charge in [0.1, 0.15) is 5.82 Å². The van der Waals surface area contributed by atoms with E-state index in [1.54, 1.807) is 6.20 Å². The number of rotatable bonds is 8. The summed E-state index contributed by atoms with van der Waals surface area (Å²) in [4.78, 5) is 7.27. The maximum atomic E-state index is 4.17. The first kappa shape index (κ1) is 18.1. The number of aromatic nitrogens is 2. The summed E-state index contributed by atoms with van der Waals surface area (Å²) in [5.74, 6) is 1.08. The van der Waals surface area contributed by atoms with Crippen molar-refractivity contribution >= 4 is 24.8 Å². The van der Waals surface area contributed by atoms with Crippen molar-refractivity contribution in [3.05, 3.63) is 18.2 Å². The standard InChI is InChI=1S/C11H21N3.2ClH/c1-2-3-4-5-7-12-8-6-11-13-9-10-14-11;;/h9-10,12H,2-8H2,1H3,(H,13,14);2*1H. The molecule has 5 heteroatoms. The Hall–Kier alpha value is -0.250. The van der Waals surface area contributed by atoms with Gasteiger partial charge in [-0.1, -0.05) is 26.2 Å². The minimum Gasteiger partial charge on any atom is -0.349 e. The molecule has 0 aliphatic heterocycles. The zero-order valence-corrected chi connectivity index (χ0v) is 11.5. The molecule has 0 saturated heterocycles. The third-order valence-corrected chi connectivity index (χ3v) is 2.30. The molecule has 2 N–H and O–H groups in total. The summed E-state index contributed by atoms with van der Waals surface area (Å²) >= 11 is 0. The third-order valence-electron chi connectivity index (χ3n) is 2.30. The van der Waals surface area contributed by atoms with E-state index in [9.17, 15) is 0 Å². The van der Waals surface area contributed by atoms with E-state index in [0.717, 1.165) is 25.3 Å². The molecule has 1 rings (SSSR count). The fraction of sp³-hybridized carbons (Fsp3) is 0.727. The molecule has 0 unspecified atom stereocenters. The zero-order valence-electron chi connectivity index (χ0n) is 9.87. The van der Waals surface area contributed by atoms with Crippen LogP contribution in [-0.4, -0.2) is 23.1 Å². The van der Waals surface area contributed by atoms with Gasteiger partial charge in [0.05, 0.1) is 0 Å². The second-order valence-corrected chi connectivity index (χ2v) is 3.60. The Morgan fingerprint density at radius 1 is 1.19 bits per heavy atom. The monoisotopic (exact) mass is 267 g/mol. The maximum Gasteiger partial charge on any atom is 0.107 e. The highest BCUT2D eigenvalue weighted by molar-refractivity contribution is 5.85. The first-order valence-electron chi connectivity index (χ1n) is 5.62. The van der Waals surface area contributed by atoms with Crippen LogP contribution in [0.2, 0.25) is 0 Å². The van der Waals surface area contributed by atoms with Crippen molar-refractivity contribution in [2.75, 3.05) is 13.1 Å². The fourth-order valence-corrected chi connectivity index (χ4v) is 1.44. The smallest absolute Gasteiger partial charge is 0.107 e. The molecule has 0 bridgehead atoms. The van der Waals surface area contributed by atoms with Crippen molar-refractivity contribution in [2.24, 2.45) is 0 Å². The van der Waals surface area contributed by atoms with E-state index >= 15 is 0 Å². The van der Waals surface area contributed by atoms with Crippen LogP contribution in [0.25, 0.3) is 0 Å². The van der Waals surface area contributed by atoms with Crippen molar-refractivity contribution in [3.8, 4) is 0 Å². The molecule has 0 radical (unpaired) electrons. The summed E-state index contributed by atoms with van der Waals surface area (Å²) in [6.45, 7) is 4.41. The van der Waals surface area contributed by atoms with Gasteiger partial charge in [0.25, 0.3) is 0 Å². The predicted octanol–water partition coefficient (Wildman–Crippen LogP) is 2.97. The molecule has 0 aromatic carbocycles. The van der Waals surface area contributed by atoms with Crippen molar-refractivity contribution < 1.29 is 0 Å². The Bertz CT molecular complexity index is 215. The van der Waals surface area contributed by atoms with Gasteiger partial charge in [-0.25, -0.2) is 4.98 Å². The molecule has 1 heterocycles. The van der Waals surface area contributed by atoms with E-state index in [2.05, 4.69) is 22.2 Å². The molecular weight excluding hydrogens is 245 g/mol. The van der Waals surface area contributed by atoms with Crippen molar-refractivity contribution in [2.45, 2.75) is 39.0 Å². The minimum atomic E-state index is 0. The molecular formula is C11H23Cl2N3. The first-order valence-corrected chi connectivity index (χ1v) is 5.62. The van der Waals surface area contributed by atoms with Gasteiger partial charge in [-0.15, -0.1) is 24.8 Å². The SMILES string of the molecule is CCCCCCNCCc1ncc[nH]1.Cl.Cl. The lowest BCUT2D eigenvalue weighted by Crippen LogP contribution is -2.18. The van der Waals surface area contributed by atoms with Crippen LogP contribution in [-0.2, 0) is 6.42 Å². The quantitative estimate of drug-likeness (QED) is 0.712. The molecule has 0 fully saturated rings. The highest BCUT2D eigenvalue weighted by atomic mass is 35.5. The van der Waals surface area contributed by atoms with Crippen LogP contribution in [0.15, 0.2) is 12.4 Å². The minimum absolute atomic E-state index is 0. The Morgan fingerprint density at radius 3 is 2.62 bits per heavy atom. The van der Waals surface area contributed by atoms with Crippen LogP contribution in [0, 0.1) is 0 Å². The highest BCUT2D eigenvalue weighted by Crippen LogP contribution is 1.97. The Balaban J connectivity index is 0. The zero-order chi connectivity index (χ0) is 10.1. The van der Waals surface area contributed by atoms with Crippen molar-refractivity contribution in [3.63, 3.8) is 0 Å². The number of hydrogen-bond donors (Lipinski definition) is 2. The molecule has 3 nitrogen and oxygen atoms in total. The van der Waals surface area contributed by atoms with Gasteiger partial charge in [-0.2, -0.15) is 0 Å². The third kappa shape index (κ3) is 9.01. The van der Waals surface area contributed by atoms with Gasteiger partial charge in [0, 0.05) is 25.4 Å². The molecule has 0 amide bonds. The van der Waals surface area contributed by atoms with Gasteiger partial charge < -0.3 is 10.3 Å². The summed E-state index contributed by atoms with van der Waals surface area (Å²) in [6, 6.07) is 0. The number of imidazole rings is 1. The largest absolute Gasteiger partial charge is 0.349 e. The van der Waals surface area contributed by atoms with Crippen LogP contribution in [0.5, 0.6) is 0 Å². The van der Waals surface area contributed by atoms with Crippen LogP contribution in [0.3, 0.4) is 0 Å². The van der Waals surface area contributed by atoms with Gasteiger partial charge >= 0.3 is 0 Å². The molecule has 0 spiro atoms. The Labute approximate surface area is 111 Å². The van der Waals surface area contributed by atoms with E-state index in [4.69, 9.17) is 0 Å². The summed E-state index contributed by atoms with van der Waals surface area (Å²) in [6.07, 6.45) is 10.00. The molecule has 0 aliphatic rings. The van der Waals surface area contributed by atoms with Gasteiger partial charge in [0.2, 0.25) is 0 Å². The lowest BCUT2D eigenvalue weighted by Gasteiger charge is -2.02. The van der Waals surface area contributed by atoms with Crippen LogP contribution >= 0.6 is 24.8 Å². The maximum absolute atomic E-state index is 4.17. The number of unbranched alkanes of at least 4 members (excludes halogenated alkanes) is 3. The second-order valence-electron chi connectivity index (χ2n) is 3.60. The van der Waals surface area contributed by atoms with Crippen molar-refractivity contribution in [1.29, 1.82) is 0 Å². The van der Waals surface area contributed by atoms with Crippen LogP contribution < -0.4 is 5.32 Å². The molecule has 1 aromatic rings. The van der Waals surface area contributed by atoms with Crippen LogP contribution in [0.4, 0.5) is 0 Å². The number of H-pyrrole nitrogens is 1. The Kier molecular flexibility index (Phi) is 14.5. The topological polar surface area (TPSA) is 40.7 Å². The lowest BCUT2D eigenvalue weighted by molar-refractivity contribution is 0.595. The number of nitrogens with one attached hydrogen (secondary N) is 2. The number of aromatic amines is 1. The predicted molar refractivity (Wildman–Crippen MR) is 73.8 cm³/mol. The molecule has 0 saturated carbocycles. The highest BCUT2D eigenvalue weighted by Gasteiger charge is 1.93. The van der Waals surface area contributed by atoms with E-state index in [0.29, 0.717) is 0 Å². The van der Waals surface area contributed by atoms with Crippen molar-refractivity contribution in [1.82, 2.24) is 15.3 Å². The van der Waals surface area contributed by atoms with E-state index in [-0.39, 0.29) is 24.8 Å². The molecule has 16 heavy (non-hydrogen) atoms. The van der Waals surface area contributed by atoms with Gasteiger partial charge in [-0.3, -0.25) is 0 Å². The number of halogens is 2. The fourth-order valence-electron chi connectivity index (χ4n) is 1.44. The number of nitrogens with zero attached hydrogens (tertiary/aromatic N) is 1. The summed E-state index contributed by atoms with van der Waals surface area (Å²) in [5.41, 5.74) is 0. The first-order chi connectivity index (χ1) is 6.93. The average molecular weight is 268 g/mol. The second kappa shape index (κ2) is 12.8. The van der Waals surface area contributed by atoms with E-state index < -0.39 is 0 Å². The lowest BCUT2D eigenvalue weighted by atomic mass is 10.2. The summed E-state index contributed by atoms with van der Waals surface area (Å²) in [5, 5.41) is 3.42. The average Bonchev–Trinajstić information content (AvgIpc) is 2.69. The normalized spacial score (nSPS) is 9.31. The van der Waals surface area contributed by atoms with Crippen LogP contribution in [0.1, 0.15) is 38.4 Å². The van der Waals surface area contributed by atoms with E-state index in [1.807, 2.05) is 6.20 Å². The summed E-state index contributed by atoms with van der Waals surface area (Å²) in [7, 11) is 0. The van der Waals surface area contributed by atoms with Gasteiger partial charge in [0.15, 0.2) is 0 Å². The van der Waals surface area contributed by atoms with Gasteiger partial charge in [-0.05, 0) is 13.0 Å². The number of hydrogen-bond acceptors (Lipinski definition) is 2. The van der Waals surface area contributed by atoms with E-state index in [1.165, 1.54) is 25.7 Å². The molecule has 0 aliphatic carbocycles. The summed E-state index contributed by atoms with van der Waals surface area (Å²) < 4.78 is 0. The molecule has 96 valence electrons. The molecule has 0 atom stereocenters. The Morgan fingerprint density at radius 2 is 2.00 bits per heavy atom. The molecule has 1 aromatic heterocycles.